The second-order valence-corrected chi connectivity index (χ2v) is 7.80. The van der Waals surface area contributed by atoms with Gasteiger partial charge in [0.2, 0.25) is 0 Å². The molecule has 0 radical (unpaired) electrons. The van der Waals surface area contributed by atoms with Crippen molar-refractivity contribution < 1.29 is 28.5 Å². The highest BCUT2D eigenvalue weighted by Gasteiger charge is 2.19. The Hall–Kier alpha value is -1.47. The van der Waals surface area contributed by atoms with E-state index in [0.717, 1.165) is 4.80 Å². The monoisotopic (exact) mass is 465 g/mol. The number of rotatable bonds is 3. The summed E-state index contributed by atoms with van der Waals surface area (Å²) >= 11 is 1.71. The Kier molecular flexibility index (Phi) is 6.57. The lowest BCUT2D eigenvalue weighted by Crippen LogP contribution is -3.00. The molecular formula is C20H24IN3S. The van der Waals surface area contributed by atoms with Crippen molar-refractivity contribution in [3.63, 3.8) is 0 Å². The van der Waals surface area contributed by atoms with Crippen LogP contribution >= 0.6 is 11.3 Å². The van der Waals surface area contributed by atoms with E-state index in [1.807, 2.05) is 11.6 Å². The summed E-state index contributed by atoms with van der Waals surface area (Å²) in [6, 6.07) is 14.8. The van der Waals surface area contributed by atoms with Crippen molar-refractivity contribution in [1.29, 1.82) is 0 Å². The van der Waals surface area contributed by atoms with Gasteiger partial charge in [-0.15, -0.1) is 11.3 Å². The zero-order chi connectivity index (χ0) is 17.2. The molecular weight excluding hydrogens is 441 g/mol. The Labute approximate surface area is 170 Å². The van der Waals surface area contributed by atoms with E-state index in [-0.39, 0.29) is 29.5 Å². The molecule has 0 bridgehead atoms. The zero-order valence-corrected chi connectivity index (χ0v) is 18.1. The van der Waals surface area contributed by atoms with Gasteiger partial charge in [0.15, 0.2) is 17.2 Å². The molecule has 3 aromatic rings. The van der Waals surface area contributed by atoms with Crippen LogP contribution in [-0.2, 0) is 19.1 Å². The lowest BCUT2D eigenvalue weighted by molar-refractivity contribution is -0.671. The first kappa shape index (κ1) is 19.8. The molecule has 0 aliphatic carbocycles. The molecule has 25 heavy (non-hydrogen) atoms. The molecule has 0 unspecified atom stereocenters. The molecule has 3 nitrogen and oxygen atoms in total. The lowest BCUT2D eigenvalue weighted by Gasteiger charge is -2.24. The minimum absolute atomic E-state index is 0. The highest BCUT2D eigenvalue weighted by atomic mass is 127. The first-order chi connectivity index (χ1) is 11.4. The van der Waals surface area contributed by atoms with Gasteiger partial charge in [-0.3, -0.25) is 4.99 Å². The summed E-state index contributed by atoms with van der Waals surface area (Å²) in [7, 11) is 2.03. The normalized spacial score (nSPS) is 12.1. The van der Waals surface area contributed by atoms with Crippen molar-refractivity contribution in [2.75, 3.05) is 0 Å². The first-order valence-electron chi connectivity index (χ1n) is 8.16. The Morgan fingerprint density at radius 1 is 1.04 bits per heavy atom. The number of benzene rings is 1. The second kappa shape index (κ2) is 8.27. The van der Waals surface area contributed by atoms with Crippen LogP contribution in [0.4, 0.5) is 0 Å². The number of aromatic nitrogens is 2. The summed E-state index contributed by atoms with van der Waals surface area (Å²) in [6.07, 6.45) is 4.12. The third-order valence-electron chi connectivity index (χ3n) is 3.89. The largest absolute Gasteiger partial charge is 1.00 e. The molecule has 1 aromatic carbocycles. The molecule has 0 aliphatic rings. The van der Waals surface area contributed by atoms with Crippen LogP contribution in [0.25, 0.3) is 11.3 Å². The highest BCUT2D eigenvalue weighted by Crippen LogP contribution is 2.25. The number of aryl methyl sites for hydroxylation is 1. The quantitative estimate of drug-likeness (QED) is 0.405. The third kappa shape index (κ3) is 4.79. The molecule has 0 fully saturated rings. The third-order valence-corrected chi connectivity index (χ3v) is 4.76. The van der Waals surface area contributed by atoms with Crippen molar-refractivity contribution in [3.05, 3.63) is 70.6 Å². The average molecular weight is 465 g/mol. The lowest BCUT2D eigenvalue weighted by atomic mass is 10.1. The van der Waals surface area contributed by atoms with Gasteiger partial charge in [0.1, 0.15) is 7.05 Å². The Balaban J connectivity index is 0.00000225. The molecule has 0 saturated carbocycles. The molecule has 0 atom stereocenters. The predicted molar refractivity (Wildman–Crippen MR) is 99.6 cm³/mol. The topological polar surface area (TPSA) is 21.2 Å². The number of halogens is 1. The van der Waals surface area contributed by atoms with E-state index in [9.17, 15) is 0 Å². The molecule has 0 N–H and O–H groups in total. The summed E-state index contributed by atoms with van der Waals surface area (Å²) in [5.74, 6) is 0. The average Bonchev–Trinajstić information content (AvgIpc) is 2.99. The van der Waals surface area contributed by atoms with Crippen LogP contribution in [0.1, 0.15) is 26.3 Å². The highest BCUT2D eigenvalue weighted by molar-refractivity contribution is 7.07. The van der Waals surface area contributed by atoms with Crippen LogP contribution in [0.15, 0.2) is 65.2 Å². The molecule has 0 amide bonds. The van der Waals surface area contributed by atoms with Crippen LogP contribution < -0.4 is 33.3 Å². The van der Waals surface area contributed by atoms with E-state index in [4.69, 9.17) is 4.99 Å². The SMILES string of the molecule is C[n+]1ccc(CN=c2scc(-c3ccccc3)n2C(C)(C)C)cc1.[I-]. The number of hydrogen-bond donors (Lipinski definition) is 0. The maximum atomic E-state index is 4.89. The van der Waals surface area contributed by atoms with Gasteiger partial charge in [-0.2, -0.15) is 0 Å². The predicted octanol–water partition coefficient (Wildman–Crippen LogP) is 0.901. The minimum Gasteiger partial charge on any atom is -1.00 e. The Morgan fingerprint density at radius 2 is 1.68 bits per heavy atom. The fraction of sp³-hybridized carbons (Fsp3) is 0.300. The van der Waals surface area contributed by atoms with Crippen molar-refractivity contribution in [1.82, 2.24) is 4.57 Å². The van der Waals surface area contributed by atoms with Crippen LogP contribution in [0.2, 0.25) is 0 Å². The van der Waals surface area contributed by atoms with Crippen LogP contribution in [0, 0.1) is 0 Å². The van der Waals surface area contributed by atoms with Crippen LogP contribution in [-0.4, -0.2) is 4.57 Å². The van der Waals surface area contributed by atoms with Gasteiger partial charge >= 0.3 is 0 Å². The molecule has 5 heteroatoms. The summed E-state index contributed by atoms with van der Waals surface area (Å²) in [5.41, 5.74) is 3.67. The van der Waals surface area contributed by atoms with Gasteiger partial charge < -0.3 is 28.5 Å². The second-order valence-electron chi connectivity index (χ2n) is 6.96. The van der Waals surface area contributed by atoms with Crippen molar-refractivity contribution in [3.8, 4) is 11.3 Å². The van der Waals surface area contributed by atoms with Gasteiger partial charge in [-0.05, 0) is 31.9 Å². The summed E-state index contributed by atoms with van der Waals surface area (Å²) in [6.45, 7) is 7.39. The zero-order valence-electron chi connectivity index (χ0n) is 15.1. The molecule has 3 rings (SSSR count). The standard InChI is InChI=1S/C20H24N3S.HI/c1-20(2,3)23-18(17-8-6-5-7-9-17)15-24-19(23)21-14-16-10-12-22(4)13-11-16;/h5-13,15H,14H2,1-4H3;1H/q+1;/p-1. The minimum atomic E-state index is -0.0207. The Morgan fingerprint density at radius 3 is 2.28 bits per heavy atom. The van der Waals surface area contributed by atoms with Gasteiger partial charge in [0.05, 0.1) is 12.2 Å². The molecule has 2 aromatic heterocycles. The van der Waals surface area contributed by atoms with E-state index >= 15 is 0 Å². The Bertz CT molecular complexity index is 872. The van der Waals surface area contributed by atoms with Gasteiger partial charge in [0, 0.05) is 23.1 Å². The van der Waals surface area contributed by atoms with Gasteiger partial charge in [-0.1, -0.05) is 30.3 Å². The number of hydrogen-bond acceptors (Lipinski definition) is 2. The summed E-state index contributed by atoms with van der Waals surface area (Å²) < 4.78 is 4.38. The number of nitrogens with zero attached hydrogens (tertiary/aromatic N) is 3. The smallest absolute Gasteiger partial charge is 0.186 e. The molecule has 2 heterocycles. The maximum Gasteiger partial charge on any atom is 0.186 e. The van der Waals surface area contributed by atoms with Gasteiger partial charge in [-0.25, -0.2) is 4.57 Å². The maximum absolute atomic E-state index is 4.89. The summed E-state index contributed by atoms with van der Waals surface area (Å²) in [4.78, 5) is 5.96. The molecule has 132 valence electrons. The molecule has 0 spiro atoms. The number of thiazole rings is 1. The van der Waals surface area contributed by atoms with Crippen molar-refractivity contribution >= 4 is 11.3 Å². The van der Waals surface area contributed by atoms with Crippen molar-refractivity contribution in [2.24, 2.45) is 12.0 Å². The van der Waals surface area contributed by atoms with Crippen LogP contribution in [0.5, 0.6) is 0 Å². The summed E-state index contributed by atoms with van der Waals surface area (Å²) in [5, 5.41) is 2.21. The van der Waals surface area contributed by atoms with E-state index in [2.05, 4.69) is 85.6 Å². The van der Waals surface area contributed by atoms with E-state index in [1.165, 1.54) is 16.8 Å². The fourth-order valence-electron chi connectivity index (χ4n) is 2.68. The molecule has 0 aliphatic heterocycles. The van der Waals surface area contributed by atoms with E-state index in [0.29, 0.717) is 6.54 Å². The van der Waals surface area contributed by atoms with E-state index < -0.39 is 0 Å². The van der Waals surface area contributed by atoms with Gasteiger partial charge in [0.25, 0.3) is 0 Å². The fourth-order valence-corrected chi connectivity index (χ4v) is 3.75. The molecule has 0 saturated heterocycles. The van der Waals surface area contributed by atoms with E-state index in [1.54, 1.807) is 11.3 Å². The number of pyridine rings is 1. The van der Waals surface area contributed by atoms with Crippen LogP contribution in [0.3, 0.4) is 0 Å². The van der Waals surface area contributed by atoms with Crippen molar-refractivity contribution in [2.45, 2.75) is 32.9 Å². The first-order valence-corrected chi connectivity index (χ1v) is 9.04.